The molecule has 0 radical (unpaired) electrons. The second-order valence-corrected chi connectivity index (χ2v) is 15.6. The Balaban J connectivity index is 2.03. The molecule has 0 fully saturated rings. The average molecular weight is 733 g/mol. The van der Waals surface area contributed by atoms with E-state index in [2.05, 4.69) is 10.6 Å². The number of ketones is 2. The van der Waals surface area contributed by atoms with Gasteiger partial charge in [-0.3, -0.25) is 18.4 Å². The number of alkyl carbamates (subject to hydrolysis) is 2. The number of carbonyl (C=O) groups is 6. The van der Waals surface area contributed by atoms with Crippen molar-refractivity contribution in [3.8, 4) is 11.1 Å². The number of ether oxygens (including phenoxy) is 4. The van der Waals surface area contributed by atoms with Gasteiger partial charge in [-0.2, -0.15) is 0 Å². The molecule has 2 rings (SSSR count). The lowest BCUT2D eigenvalue weighted by Crippen LogP contribution is -2.53. The minimum Gasteiger partial charge on any atom is -0.456 e. The summed E-state index contributed by atoms with van der Waals surface area (Å²) in [6, 6.07) is 9.84. The molecule has 2 N–H and O–H groups in total. The number of hydrogen-bond donors (Lipinski definition) is 2. The van der Waals surface area contributed by atoms with Crippen molar-refractivity contribution in [1.29, 1.82) is 0 Å². The first-order valence-corrected chi connectivity index (χ1v) is 16.6. The maximum absolute atomic E-state index is 13.8. The van der Waals surface area contributed by atoms with Crippen molar-refractivity contribution in [3.05, 3.63) is 59.7 Å². The zero-order chi connectivity index (χ0) is 39.7. The van der Waals surface area contributed by atoms with Crippen LogP contribution in [0, 0.1) is 10.8 Å². The highest BCUT2D eigenvalue weighted by atomic mass is 19.1. The Morgan fingerprint density at radius 1 is 0.538 bits per heavy atom. The highest BCUT2D eigenvalue weighted by Crippen LogP contribution is 2.25. The third-order valence-electron chi connectivity index (χ3n) is 7.48. The van der Waals surface area contributed by atoms with Crippen molar-refractivity contribution in [3.63, 3.8) is 0 Å². The van der Waals surface area contributed by atoms with E-state index in [0.717, 1.165) is 0 Å². The zero-order valence-corrected chi connectivity index (χ0v) is 31.4. The SMILES string of the molecule is CC(C)(C)OC(=O)N[C@H](C(=O)OCC(=O)c1ccc(-c2ccc(C(=O)COC(=O)[C@@H](NC(=O)OC(C)(C)C)C(C)(C)CF)cc2)cc1)C(C)(C)CF. The summed E-state index contributed by atoms with van der Waals surface area (Å²) in [5.41, 5.74) is -2.59. The summed E-state index contributed by atoms with van der Waals surface area (Å²) in [5, 5.41) is 4.68. The van der Waals surface area contributed by atoms with Crippen LogP contribution in [-0.2, 0) is 28.5 Å². The summed E-state index contributed by atoms with van der Waals surface area (Å²) < 4.78 is 48.2. The van der Waals surface area contributed by atoms with E-state index in [1.165, 1.54) is 52.0 Å². The van der Waals surface area contributed by atoms with Gasteiger partial charge in [-0.25, -0.2) is 19.2 Å². The summed E-state index contributed by atoms with van der Waals surface area (Å²) in [4.78, 5) is 75.9. The molecule has 12 nitrogen and oxygen atoms in total. The molecule has 0 bridgehead atoms. The third kappa shape index (κ3) is 13.3. The van der Waals surface area contributed by atoms with Crippen LogP contribution in [0.5, 0.6) is 0 Å². The van der Waals surface area contributed by atoms with Crippen LogP contribution in [-0.4, -0.2) is 85.5 Å². The molecule has 0 saturated heterocycles. The maximum Gasteiger partial charge on any atom is 0.408 e. The van der Waals surface area contributed by atoms with Gasteiger partial charge in [-0.1, -0.05) is 76.2 Å². The number of benzene rings is 2. The predicted molar refractivity (Wildman–Crippen MR) is 188 cm³/mol. The van der Waals surface area contributed by atoms with Crippen molar-refractivity contribution >= 4 is 35.7 Å². The second kappa shape index (κ2) is 17.6. The lowest BCUT2D eigenvalue weighted by atomic mass is 9.86. The smallest absolute Gasteiger partial charge is 0.408 e. The number of esters is 2. The molecule has 14 heteroatoms. The quantitative estimate of drug-likeness (QED) is 0.116. The summed E-state index contributed by atoms with van der Waals surface area (Å²) in [6.07, 6.45) is -1.87. The molecule has 2 atom stereocenters. The standard InChI is InChI=1S/C38H50F2N2O10/c1-35(2,3)51-33(47)41-29(37(7,8)21-39)31(45)49-19-27(43)25-15-11-23(12-16-25)24-13-17-26(18-14-24)28(44)20-50-32(46)30(38(9,10)22-40)42-34(48)52-36(4,5)6/h11-18,29-30H,19-22H2,1-10H3,(H,41,47)(H,42,48)/t29-,30-/m1/s1. The maximum atomic E-state index is 13.8. The van der Waals surface area contributed by atoms with Crippen LogP contribution >= 0.6 is 0 Å². The molecule has 52 heavy (non-hydrogen) atoms. The second-order valence-electron chi connectivity index (χ2n) is 15.6. The molecular formula is C38H50F2N2O10. The van der Waals surface area contributed by atoms with E-state index in [-0.39, 0.29) is 11.1 Å². The Morgan fingerprint density at radius 2 is 0.827 bits per heavy atom. The molecule has 0 aliphatic carbocycles. The monoisotopic (exact) mass is 732 g/mol. The van der Waals surface area contributed by atoms with Crippen LogP contribution in [0.1, 0.15) is 90.0 Å². The molecule has 0 saturated carbocycles. The number of rotatable bonds is 15. The van der Waals surface area contributed by atoms with Gasteiger partial charge in [0.1, 0.15) is 23.3 Å². The number of Topliss-reactive ketones (excluding diaryl/α,β-unsaturated/α-hetero) is 2. The highest BCUT2D eigenvalue weighted by Gasteiger charge is 2.40. The van der Waals surface area contributed by atoms with Gasteiger partial charge < -0.3 is 29.6 Å². The number of carbonyl (C=O) groups excluding carboxylic acids is 6. The van der Waals surface area contributed by atoms with Crippen molar-refractivity contribution in [2.45, 2.75) is 92.5 Å². The molecule has 2 aromatic rings. The lowest BCUT2D eigenvalue weighted by Gasteiger charge is -2.31. The number of amides is 2. The number of halogens is 2. The van der Waals surface area contributed by atoms with Gasteiger partial charge in [0.25, 0.3) is 0 Å². The molecule has 2 aromatic carbocycles. The van der Waals surface area contributed by atoms with Crippen molar-refractivity contribution in [1.82, 2.24) is 10.6 Å². The topological polar surface area (TPSA) is 163 Å². The fraction of sp³-hybridized carbons (Fsp3) is 0.526. The van der Waals surface area contributed by atoms with E-state index >= 15 is 0 Å². The Morgan fingerprint density at radius 3 is 1.08 bits per heavy atom. The normalized spacial score (nSPS) is 13.2. The van der Waals surface area contributed by atoms with Crippen molar-refractivity contribution < 1.29 is 56.5 Å². The molecule has 2 amide bonds. The Bertz CT molecular complexity index is 1470. The van der Waals surface area contributed by atoms with Gasteiger partial charge in [-0.15, -0.1) is 0 Å². The van der Waals surface area contributed by atoms with E-state index in [0.29, 0.717) is 11.1 Å². The van der Waals surface area contributed by atoms with Gasteiger partial charge in [0, 0.05) is 22.0 Å². The lowest BCUT2D eigenvalue weighted by molar-refractivity contribution is -0.149. The van der Waals surface area contributed by atoms with Crippen molar-refractivity contribution in [2.75, 3.05) is 26.6 Å². The van der Waals surface area contributed by atoms with Crippen LogP contribution in [0.15, 0.2) is 48.5 Å². The van der Waals surface area contributed by atoms with Crippen LogP contribution in [0.25, 0.3) is 11.1 Å². The molecule has 0 spiro atoms. The van der Waals surface area contributed by atoms with Gasteiger partial charge in [-0.05, 0) is 52.7 Å². The van der Waals surface area contributed by atoms with Crippen molar-refractivity contribution in [2.24, 2.45) is 10.8 Å². The van der Waals surface area contributed by atoms with E-state index in [1.54, 1.807) is 65.8 Å². The molecule has 0 heterocycles. The summed E-state index contributed by atoms with van der Waals surface area (Å²) >= 11 is 0. The molecule has 0 aliphatic rings. The van der Waals surface area contributed by atoms with E-state index in [1.807, 2.05) is 0 Å². The van der Waals surface area contributed by atoms with Crippen LogP contribution in [0.4, 0.5) is 18.4 Å². The first-order chi connectivity index (χ1) is 23.9. The third-order valence-corrected chi connectivity index (χ3v) is 7.48. The first-order valence-electron chi connectivity index (χ1n) is 16.6. The Kier molecular flexibility index (Phi) is 14.6. The zero-order valence-electron chi connectivity index (χ0n) is 31.4. The summed E-state index contributed by atoms with van der Waals surface area (Å²) in [7, 11) is 0. The van der Waals surface area contributed by atoms with Crippen LogP contribution < -0.4 is 10.6 Å². The van der Waals surface area contributed by atoms with Crippen LogP contribution in [0.3, 0.4) is 0 Å². The number of hydrogen-bond acceptors (Lipinski definition) is 10. The fourth-order valence-corrected chi connectivity index (χ4v) is 4.46. The molecular weight excluding hydrogens is 682 g/mol. The molecule has 0 unspecified atom stereocenters. The molecule has 286 valence electrons. The van der Waals surface area contributed by atoms with Gasteiger partial charge in [0.2, 0.25) is 0 Å². The Labute approximate surface area is 303 Å². The fourth-order valence-electron chi connectivity index (χ4n) is 4.46. The highest BCUT2D eigenvalue weighted by molar-refractivity contribution is 6.00. The Hall–Kier alpha value is -4.88. The number of nitrogens with one attached hydrogen (secondary N) is 2. The van der Waals surface area contributed by atoms with E-state index < -0.39 is 96.4 Å². The summed E-state index contributed by atoms with van der Waals surface area (Å²) in [5.74, 6) is -3.07. The average Bonchev–Trinajstić information content (AvgIpc) is 3.05. The minimum atomic E-state index is -1.42. The number of alkyl halides is 2. The predicted octanol–water partition coefficient (Wildman–Crippen LogP) is 6.58. The molecule has 0 aromatic heterocycles. The van der Waals surface area contributed by atoms with Gasteiger partial charge >= 0.3 is 24.1 Å². The van der Waals surface area contributed by atoms with Gasteiger partial charge in [0.05, 0.1) is 13.3 Å². The molecule has 0 aliphatic heterocycles. The van der Waals surface area contributed by atoms with Crippen LogP contribution in [0.2, 0.25) is 0 Å². The van der Waals surface area contributed by atoms with Gasteiger partial charge in [0.15, 0.2) is 24.8 Å². The summed E-state index contributed by atoms with van der Waals surface area (Å²) in [6.45, 7) is 12.3. The van der Waals surface area contributed by atoms with E-state index in [9.17, 15) is 37.5 Å². The largest absolute Gasteiger partial charge is 0.456 e. The first kappa shape index (κ1) is 43.3. The minimum absolute atomic E-state index is 0.224. The van der Waals surface area contributed by atoms with E-state index in [4.69, 9.17) is 18.9 Å².